The van der Waals surface area contributed by atoms with E-state index in [9.17, 15) is 5.11 Å². The molecule has 1 aromatic carbocycles. The van der Waals surface area contributed by atoms with E-state index in [4.69, 9.17) is 20.8 Å². The maximum Gasteiger partial charge on any atom is 0.163 e. The van der Waals surface area contributed by atoms with E-state index < -0.39 is 6.04 Å². The Balaban J connectivity index is 3.27. The first kappa shape index (κ1) is 12.3. The molecule has 0 aliphatic rings. The third kappa shape index (κ3) is 2.24. The molecular weight excluding hydrogens is 208 g/mol. The molecule has 0 unspecified atom stereocenters. The van der Waals surface area contributed by atoms with Crippen LogP contribution in [0, 0.1) is 11.3 Å². The molecule has 1 atom stereocenters. The number of ether oxygens (including phenoxy) is 1. The fraction of sp³-hybridized carbons (Fsp3) is 0.364. The number of rotatable bonds is 4. The van der Waals surface area contributed by atoms with Crippen LogP contribution in [0.15, 0.2) is 12.1 Å². The van der Waals surface area contributed by atoms with Gasteiger partial charge in [-0.2, -0.15) is 5.26 Å². The van der Waals surface area contributed by atoms with Gasteiger partial charge in [-0.3, -0.25) is 0 Å². The molecule has 0 amide bonds. The number of hydrogen-bond donors (Lipinski definition) is 3. The normalized spacial score (nSPS) is 11.9. The van der Waals surface area contributed by atoms with Crippen LogP contribution in [-0.2, 0) is 0 Å². The van der Waals surface area contributed by atoms with Crippen LogP contribution >= 0.6 is 0 Å². The van der Waals surface area contributed by atoms with Crippen molar-refractivity contribution in [2.24, 2.45) is 5.73 Å². The summed E-state index contributed by atoms with van der Waals surface area (Å²) in [5, 5.41) is 27.6. The Hall–Kier alpha value is -1.77. The number of aliphatic hydroxyl groups excluding tert-OH is 1. The number of nitrogens with two attached hydrogens (primary N) is 1. The van der Waals surface area contributed by atoms with Crippen molar-refractivity contribution in [2.75, 3.05) is 13.7 Å². The summed E-state index contributed by atoms with van der Waals surface area (Å²) >= 11 is 0. The molecule has 0 fully saturated rings. The van der Waals surface area contributed by atoms with Gasteiger partial charge in [-0.15, -0.1) is 0 Å². The molecule has 0 radical (unpaired) electrons. The SMILES string of the molecule is COc1ccc(C#N)c([C@H](N)CCO)c1O. The highest BCUT2D eigenvalue weighted by atomic mass is 16.5. The predicted molar refractivity (Wildman–Crippen MR) is 58.0 cm³/mol. The van der Waals surface area contributed by atoms with Crippen LogP contribution in [0.3, 0.4) is 0 Å². The average Bonchev–Trinajstić information content (AvgIpc) is 2.28. The summed E-state index contributed by atoms with van der Waals surface area (Å²) in [6, 6.07) is 4.40. The smallest absolute Gasteiger partial charge is 0.163 e. The molecule has 0 saturated carbocycles. The van der Waals surface area contributed by atoms with E-state index in [1.165, 1.54) is 19.2 Å². The molecule has 0 bridgehead atoms. The first-order chi connectivity index (χ1) is 7.65. The van der Waals surface area contributed by atoms with Gasteiger partial charge in [-0.1, -0.05) is 0 Å². The highest BCUT2D eigenvalue weighted by Gasteiger charge is 2.18. The summed E-state index contributed by atoms with van der Waals surface area (Å²) in [7, 11) is 1.42. The summed E-state index contributed by atoms with van der Waals surface area (Å²) < 4.78 is 4.94. The third-order valence-corrected chi connectivity index (χ3v) is 2.33. The minimum Gasteiger partial charge on any atom is -0.504 e. The van der Waals surface area contributed by atoms with Crippen molar-refractivity contribution in [2.45, 2.75) is 12.5 Å². The van der Waals surface area contributed by atoms with Gasteiger partial charge in [0.05, 0.1) is 18.7 Å². The van der Waals surface area contributed by atoms with Gasteiger partial charge in [0.15, 0.2) is 11.5 Å². The Bertz CT molecular complexity index is 412. The van der Waals surface area contributed by atoms with Gasteiger partial charge in [-0.25, -0.2) is 0 Å². The van der Waals surface area contributed by atoms with Crippen molar-refractivity contribution < 1.29 is 14.9 Å². The number of hydrogen-bond acceptors (Lipinski definition) is 5. The first-order valence-electron chi connectivity index (χ1n) is 4.82. The van der Waals surface area contributed by atoms with Crippen LogP contribution < -0.4 is 10.5 Å². The molecule has 0 saturated heterocycles. The quantitative estimate of drug-likeness (QED) is 0.694. The lowest BCUT2D eigenvalue weighted by molar-refractivity contribution is 0.274. The van der Waals surface area contributed by atoms with Gasteiger partial charge < -0.3 is 20.7 Å². The van der Waals surface area contributed by atoms with E-state index in [1.807, 2.05) is 6.07 Å². The summed E-state index contributed by atoms with van der Waals surface area (Å²) in [5.41, 5.74) is 6.39. The summed E-state index contributed by atoms with van der Waals surface area (Å²) in [6.45, 7) is -0.108. The largest absolute Gasteiger partial charge is 0.504 e. The molecule has 1 rings (SSSR count). The molecule has 5 heteroatoms. The molecule has 16 heavy (non-hydrogen) atoms. The second kappa shape index (κ2) is 5.35. The van der Waals surface area contributed by atoms with Crippen molar-refractivity contribution in [3.63, 3.8) is 0 Å². The lowest BCUT2D eigenvalue weighted by atomic mass is 9.98. The van der Waals surface area contributed by atoms with Gasteiger partial charge in [-0.05, 0) is 18.6 Å². The molecule has 0 heterocycles. The molecule has 0 aliphatic carbocycles. The maximum absolute atomic E-state index is 9.86. The van der Waals surface area contributed by atoms with Gasteiger partial charge >= 0.3 is 0 Å². The summed E-state index contributed by atoms with van der Waals surface area (Å²) in [5.74, 6) is 0.130. The van der Waals surface area contributed by atoms with Crippen molar-refractivity contribution >= 4 is 0 Å². The zero-order valence-corrected chi connectivity index (χ0v) is 8.97. The lowest BCUT2D eigenvalue weighted by Crippen LogP contribution is -2.14. The van der Waals surface area contributed by atoms with Crippen LogP contribution in [0.5, 0.6) is 11.5 Å². The fourth-order valence-corrected chi connectivity index (χ4v) is 1.51. The minimum atomic E-state index is -0.588. The molecule has 86 valence electrons. The van der Waals surface area contributed by atoms with E-state index in [0.717, 1.165) is 0 Å². The Morgan fingerprint density at radius 3 is 2.75 bits per heavy atom. The third-order valence-electron chi connectivity index (χ3n) is 2.33. The number of aliphatic hydroxyl groups is 1. The Morgan fingerprint density at radius 1 is 1.56 bits per heavy atom. The highest BCUT2D eigenvalue weighted by Crippen LogP contribution is 2.36. The average molecular weight is 222 g/mol. The van der Waals surface area contributed by atoms with Crippen molar-refractivity contribution in [3.05, 3.63) is 23.3 Å². The van der Waals surface area contributed by atoms with E-state index in [2.05, 4.69) is 0 Å². The van der Waals surface area contributed by atoms with E-state index >= 15 is 0 Å². The molecule has 0 aromatic heterocycles. The van der Waals surface area contributed by atoms with Gasteiger partial charge in [0.2, 0.25) is 0 Å². The van der Waals surface area contributed by atoms with E-state index in [1.54, 1.807) is 0 Å². The Kier molecular flexibility index (Phi) is 4.11. The zero-order valence-electron chi connectivity index (χ0n) is 8.97. The molecule has 1 aromatic rings. The van der Waals surface area contributed by atoms with Gasteiger partial charge in [0, 0.05) is 18.2 Å². The molecule has 0 spiro atoms. The Labute approximate surface area is 93.7 Å². The van der Waals surface area contributed by atoms with E-state index in [0.29, 0.717) is 11.1 Å². The second-order valence-electron chi connectivity index (χ2n) is 3.31. The van der Waals surface area contributed by atoms with Crippen molar-refractivity contribution in [3.8, 4) is 17.6 Å². The number of aromatic hydroxyl groups is 1. The number of nitriles is 1. The van der Waals surface area contributed by atoms with Crippen LogP contribution in [0.4, 0.5) is 0 Å². The van der Waals surface area contributed by atoms with E-state index in [-0.39, 0.29) is 24.5 Å². The topological polar surface area (TPSA) is 99.5 Å². The summed E-state index contributed by atoms with van der Waals surface area (Å²) in [4.78, 5) is 0. The summed E-state index contributed by atoms with van der Waals surface area (Å²) in [6.07, 6.45) is 0.273. The van der Waals surface area contributed by atoms with Crippen molar-refractivity contribution in [1.29, 1.82) is 5.26 Å². The Morgan fingerprint density at radius 2 is 2.25 bits per heavy atom. The highest BCUT2D eigenvalue weighted by molar-refractivity contribution is 5.55. The predicted octanol–water partition coefficient (Wildman–Crippen LogP) is 0.655. The first-order valence-corrected chi connectivity index (χ1v) is 4.82. The molecular formula is C11H14N2O3. The van der Waals surface area contributed by atoms with Crippen LogP contribution in [-0.4, -0.2) is 23.9 Å². The van der Waals surface area contributed by atoms with Crippen LogP contribution in [0.2, 0.25) is 0 Å². The minimum absolute atomic E-state index is 0.108. The number of benzene rings is 1. The standard InChI is InChI=1S/C11H14N2O3/c1-16-9-3-2-7(6-12)10(11(9)15)8(13)4-5-14/h2-3,8,14-15H,4-5,13H2,1H3/t8-/m1/s1. The lowest BCUT2D eigenvalue weighted by Gasteiger charge is -2.15. The fourth-order valence-electron chi connectivity index (χ4n) is 1.51. The monoisotopic (exact) mass is 222 g/mol. The second-order valence-corrected chi connectivity index (χ2v) is 3.31. The maximum atomic E-state index is 9.86. The van der Waals surface area contributed by atoms with Gasteiger partial charge in [0.25, 0.3) is 0 Å². The zero-order chi connectivity index (χ0) is 12.1. The van der Waals surface area contributed by atoms with Gasteiger partial charge in [0.1, 0.15) is 0 Å². The number of methoxy groups -OCH3 is 1. The molecule has 5 nitrogen and oxygen atoms in total. The molecule has 0 aliphatic heterocycles. The number of phenolic OH excluding ortho intramolecular Hbond substituents is 1. The molecule has 4 N–H and O–H groups in total. The van der Waals surface area contributed by atoms with Crippen LogP contribution in [0.1, 0.15) is 23.6 Å². The number of phenols is 1. The van der Waals surface area contributed by atoms with Crippen molar-refractivity contribution in [1.82, 2.24) is 0 Å². The number of nitrogens with zero attached hydrogens (tertiary/aromatic N) is 1. The van der Waals surface area contributed by atoms with Crippen LogP contribution in [0.25, 0.3) is 0 Å².